The standard InChI is InChI=1S/C15H14N2O6/c1-10(11-5-3-2-4-6-11)16-13(18)9-22-15(19)12-7-8-14(23-12)17(20)21/h2-8,10H,9H2,1H3,(H,16,18)/t10-/m1/s1. The molecule has 1 aromatic heterocycles. The quantitative estimate of drug-likeness (QED) is 0.496. The molecule has 1 aromatic carbocycles. The van der Waals surface area contributed by atoms with Gasteiger partial charge in [-0.05, 0) is 18.6 Å². The molecule has 8 nitrogen and oxygen atoms in total. The van der Waals surface area contributed by atoms with Crippen LogP contribution in [0.4, 0.5) is 5.88 Å². The van der Waals surface area contributed by atoms with Crippen molar-refractivity contribution in [2.24, 2.45) is 0 Å². The monoisotopic (exact) mass is 318 g/mol. The Morgan fingerprint density at radius 2 is 1.96 bits per heavy atom. The van der Waals surface area contributed by atoms with Gasteiger partial charge in [0.05, 0.1) is 12.1 Å². The summed E-state index contributed by atoms with van der Waals surface area (Å²) in [5, 5.41) is 13.1. The Bertz CT molecular complexity index is 710. The Hall–Kier alpha value is -3.16. The molecule has 0 aliphatic rings. The van der Waals surface area contributed by atoms with Crippen molar-refractivity contribution in [2.75, 3.05) is 6.61 Å². The Kier molecular flexibility index (Phi) is 5.08. The highest BCUT2D eigenvalue weighted by Crippen LogP contribution is 2.16. The third-order valence-electron chi connectivity index (χ3n) is 2.98. The second-order valence-corrected chi connectivity index (χ2v) is 4.67. The average molecular weight is 318 g/mol. The fraction of sp³-hybridized carbons (Fsp3) is 0.200. The summed E-state index contributed by atoms with van der Waals surface area (Å²) in [5.74, 6) is -2.34. The maximum atomic E-state index is 11.7. The zero-order valence-electron chi connectivity index (χ0n) is 12.2. The predicted octanol–water partition coefficient (Wildman–Crippen LogP) is 2.22. The molecule has 0 saturated carbocycles. The van der Waals surface area contributed by atoms with Crippen LogP contribution >= 0.6 is 0 Å². The Morgan fingerprint density at radius 3 is 2.57 bits per heavy atom. The van der Waals surface area contributed by atoms with E-state index in [-0.39, 0.29) is 11.8 Å². The minimum absolute atomic E-state index is 0.243. The number of rotatable bonds is 6. The average Bonchev–Trinajstić information content (AvgIpc) is 3.03. The first-order chi connectivity index (χ1) is 11.0. The summed E-state index contributed by atoms with van der Waals surface area (Å²) in [4.78, 5) is 33.1. The lowest BCUT2D eigenvalue weighted by Gasteiger charge is -2.14. The fourth-order valence-corrected chi connectivity index (χ4v) is 1.85. The van der Waals surface area contributed by atoms with Crippen molar-refractivity contribution in [2.45, 2.75) is 13.0 Å². The molecular formula is C15H14N2O6. The summed E-state index contributed by atoms with van der Waals surface area (Å²) in [5.41, 5.74) is 0.911. The Balaban J connectivity index is 1.84. The van der Waals surface area contributed by atoms with Gasteiger partial charge < -0.3 is 14.5 Å². The van der Waals surface area contributed by atoms with E-state index in [9.17, 15) is 19.7 Å². The van der Waals surface area contributed by atoms with Gasteiger partial charge in [-0.3, -0.25) is 14.9 Å². The molecule has 2 rings (SSSR count). The van der Waals surface area contributed by atoms with Gasteiger partial charge in [-0.25, -0.2) is 4.79 Å². The highest BCUT2D eigenvalue weighted by atomic mass is 16.7. The van der Waals surface area contributed by atoms with E-state index in [4.69, 9.17) is 4.74 Å². The normalized spacial score (nSPS) is 11.5. The van der Waals surface area contributed by atoms with Crippen LogP contribution in [-0.4, -0.2) is 23.4 Å². The fourth-order valence-electron chi connectivity index (χ4n) is 1.85. The van der Waals surface area contributed by atoms with E-state index < -0.39 is 29.3 Å². The maximum Gasteiger partial charge on any atom is 0.433 e. The van der Waals surface area contributed by atoms with Crippen molar-refractivity contribution < 1.29 is 23.7 Å². The van der Waals surface area contributed by atoms with Crippen molar-refractivity contribution in [3.8, 4) is 0 Å². The molecule has 2 aromatic rings. The van der Waals surface area contributed by atoms with E-state index >= 15 is 0 Å². The van der Waals surface area contributed by atoms with Gasteiger partial charge in [0.2, 0.25) is 5.76 Å². The van der Waals surface area contributed by atoms with Crippen LogP contribution in [0.1, 0.15) is 29.1 Å². The highest BCUT2D eigenvalue weighted by molar-refractivity contribution is 5.89. The number of furan rings is 1. The summed E-state index contributed by atoms with van der Waals surface area (Å²) in [6.07, 6.45) is 0. The van der Waals surface area contributed by atoms with Crippen molar-refractivity contribution in [1.82, 2.24) is 5.32 Å². The van der Waals surface area contributed by atoms with Crippen LogP contribution in [0, 0.1) is 10.1 Å². The second-order valence-electron chi connectivity index (χ2n) is 4.67. The summed E-state index contributed by atoms with van der Waals surface area (Å²) in [7, 11) is 0. The van der Waals surface area contributed by atoms with Crippen LogP contribution in [0.5, 0.6) is 0 Å². The number of nitro groups is 1. The molecule has 1 N–H and O–H groups in total. The van der Waals surface area contributed by atoms with Gasteiger partial charge in [-0.1, -0.05) is 30.3 Å². The minimum Gasteiger partial charge on any atom is -0.450 e. The maximum absolute atomic E-state index is 11.7. The van der Waals surface area contributed by atoms with Crippen LogP contribution < -0.4 is 5.32 Å². The van der Waals surface area contributed by atoms with Crippen molar-refractivity contribution in [3.05, 3.63) is 63.9 Å². The molecule has 0 bridgehead atoms. The first kappa shape index (κ1) is 16.2. The lowest BCUT2D eigenvalue weighted by molar-refractivity contribution is -0.402. The number of amides is 1. The van der Waals surface area contributed by atoms with E-state index in [1.54, 1.807) is 6.92 Å². The smallest absolute Gasteiger partial charge is 0.433 e. The number of hydrogen-bond acceptors (Lipinski definition) is 6. The number of benzene rings is 1. The largest absolute Gasteiger partial charge is 0.450 e. The number of esters is 1. The van der Waals surface area contributed by atoms with Crippen LogP contribution in [0.2, 0.25) is 0 Å². The zero-order valence-corrected chi connectivity index (χ0v) is 12.2. The molecule has 0 radical (unpaired) electrons. The first-order valence-corrected chi connectivity index (χ1v) is 6.73. The van der Waals surface area contributed by atoms with E-state index in [1.165, 1.54) is 0 Å². The minimum atomic E-state index is -0.944. The number of hydrogen-bond donors (Lipinski definition) is 1. The van der Waals surface area contributed by atoms with Gasteiger partial charge in [-0.2, -0.15) is 0 Å². The van der Waals surface area contributed by atoms with E-state index in [0.29, 0.717) is 0 Å². The van der Waals surface area contributed by atoms with Crippen LogP contribution in [0.15, 0.2) is 46.9 Å². The zero-order chi connectivity index (χ0) is 16.8. The molecule has 0 saturated heterocycles. The van der Waals surface area contributed by atoms with Crippen molar-refractivity contribution >= 4 is 17.8 Å². The lowest BCUT2D eigenvalue weighted by atomic mass is 10.1. The van der Waals surface area contributed by atoms with Gasteiger partial charge in [0, 0.05) is 0 Å². The summed E-state index contributed by atoms with van der Waals surface area (Å²) >= 11 is 0. The number of nitrogens with one attached hydrogen (secondary N) is 1. The SMILES string of the molecule is C[C@@H](NC(=O)COC(=O)c1ccc([N+](=O)[O-])o1)c1ccccc1. The molecule has 120 valence electrons. The van der Waals surface area contributed by atoms with Crippen molar-refractivity contribution in [3.63, 3.8) is 0 Å². The van der Waals surface area contributed by atoms with Gasteiger partial charge >= 0.3 is 11.9 Å². The Labute approximate surface area is 131 Å². The predicted molar refractivity (Wildman–Crippen MR) is 78.6 cm³/mol. The van der Waals surface area contributed by atoms with Gasteiger partial charge in [0.1, 0.15) is 4.92 Å². The van der Waals surface area contributed by atoms with Crippen LogP contribution in [-0.2, 0) is 9.53 Å². The van der Waals surface area contributed by atoms with E-state index in [0.717, 1.165) is 17.7 Å². The highest BCUT2D eigenvalue weighted by Gasteiger charge is 2.19. The van der Waals surface area contributed by atoms with Crippen LogP contribution in [0.25, 0.3) is 0 Å². The number of ether oxygens (including phenoxy) is 1. The molecule has 0 spiro atoms. The second kappa shape index (κ2) is 7.21. The number of nitrogens with zero attached hydrogens (tertiary/aromatic N) is 1. The molecule has 0 aliphatic heterocycles. The first-order valence-electron chi connectivity index (χ1n) is 6.73. The molecular weight excluding hydrogens is 304 g/mol. The number of carbonyl (C=O) groups is 2. The molecule has 0 unspecified atom stereocenters. The van der Waals surface area contributed by atoms with Gasteiger partial charge in [0.25, 0.3) is 5.91 Å². The summed E-state index contributed by atoms with van der Waals surface area (Å²) < 4.78 is 9.44. The van der Waals surface area contributed by atoms with E-state index in [2.05, 4.69) is 9.73 Å². The molecule has 8 heteroatoms. The third kappa shape index (κ3) is 4.40. The van der Waals surface area contributed by atoms with E-state index in [1.807, 2.05) is 30.3 Å². The molecule has 1 heterocycles. The molecule has 1 atom stereocenters. The molecule has 1 amide bonds. The lowest BCUT2D eigenvalue weighted by Crippen LogP contribution is -2.31. The summed E-state index contributed by atoms with van der Waals surface area (Å²) in [6, 6.07) is 11.2. The number of carbonyl (C=O) groups excluding carboxylic acids is 2. The molecule has 0 aliphatic carbocycles. The Morgan fingerprint density at radius 1 is 1.26 bits per heavy atom. The topological polar surface area (TPSA) is 112 Å². The summed E-state index contributed by atoms with van der Waals surface area (Å²) in [6.45, 7) is 1.29. The third-order valence-corrected chi connectivity index (χ3v) is 2.98. The van der Waals surface area contributed by atoms with Crippen LogP contribution in [0.3, 0.4) is 0 Å². The van der Waals surface area contributed by atoms with Gasteiger partial charge in [-0.15, -0.1) is 0 Å². The van der Waals surface area contributed by atoms with Crippen molar-refractivity contribution in [1.29, 1.82) is 0 Å². The molecule has 0 fully saturated rings. The van der Waals surface area contributed by atoms with Gasteiger partial charge in [0.15, 0.2) is 6.61 Å². The molecule has 23 heavy (non-hydrogen) atoms.